The molecule has 0 fully saturated rings. The fraction of sp³-hybridized carbons (Fsp3) is 0.625. The number of halogens is 1. The molecule has 0 aromatic heterocycles. The molecule has 0 amide bonds. The van der Waals surface area contributed by atoms with Gasteiger partial charge in [-0.25, -0.2) is 0 Å². The molecular weight excluding hydrogens is 350 g/mol. The molecule has 0 aliphatic carbocycles. The number of hydrogen-bond donors (Lipinski definition) is 0. The molecule has 2 heteroatoms. The van der Waals surface area contributed by atoms with E-state index in [1.165, 1.54) is 43.9 Å². The van der Waals surface area contributed by atoms with E-state index in [4.69, 9.17) is 0 Å². The van der Waals surface area contributed by atoms with E-state index < -0.39 is 4.25 Å². The Labute approximate surface area is 126 Å². The van der Waals surface area contributed by atoms with E-state index in [0.29, 0.717) is 0 Å². The molecule has 1 rings (SSSR count). The summed E-state index contributed by atoms with van der Waals surface area (Å²) in [4.78, 5) is 0. The molecule has 0 saturated carbocycles. The summed E-state index contributed by atoms with van der Waals surface area (Å²) in [7, 11) is 0. The summed E-state index contributed by atoms with van der Waals surface area (Å²) in [6, 6.07) is 11.2. The van der Waals surface area contributed by atoms with Crippen molar-refractivity contribution in [3.63, 3.8) is 0 Å². The Hall–Kier alpha value is 0.380. The summed E-state index contributed by atoms with van der Waals surface area (Å²) in [5.41, 5.74) is 1.56. The van der Waals surface area contributed by atoms with Crippen molar-refractivity contribution >= 4 is 26.3 Å². The van der Waals surface area contributed by atoms with Gasteiger partial charge in [-0.15, -0.1) is 0 Å². The van der Waals surface area contributed by atoms with Gasteiger partial charge < -0.3 is 0 Å². The second-order valence-electron chi connectivity index (χ2n) is 5.63. The molecule has 0 radical (unpaired) electrons. The average molecular weight is 378 g/mol. The van der Waals surface area contributed by atoms with Crippen LogP contribution in [0.1, 0.15) is 45.6 Å². The summed E-state index contributed by atoms with van der Waals surface area (Å²) in [6.45, 7) is 7.07. The maximum atomic E-state index is 2.94. The third-order valence-corrected chi connectivity index (χ3v) is 15.0. The molecule has 0 aliphatic rings. The molecule has 1 aromatic carbocycles. The predicted molar refractivity (Wildman–Crippen MR) is 96.6 cm³/mol. The maximum absolute atomic E-state index is 2.94. The molecule has 0 heterocycles. The van der Waals surface area contributed by atoms with Crippen molar-refractivity contribution < 1.29 is 0 Å². The van der Waals surface area contributed by atoms with Crippen molar-refractivity contribution in [3.05, 3.63) is 35.9 Å². The summed E-state index contributed by atoms with van der Waals surface area (Å²) in [5.74, 6) is 0. The van der Waals surface area contributed by atoms with Crippen LogP contribution in [0.4, 0.5) is 0 Å². The van der Waals surface area contributed by atoms with Crippen LogP contribution in [0.25, 0.3) is 0 Å². The summed E-state index contributed by atoms with van der Waals surface area (Å²) >= 11 is 2.94. The summed E-state index contributed by atoms with van der Waals surface area (Å²) in [6.07, 6.45) is 9.76. The Morgan fingerprint density at radius 2 is 1.28 bits per heavy atom. The first-order valence-electron chi connectivity index (χ1n) is 7.32. The fourth-order valence-electron chi connectivity index (χ4n) is 3.29. The number of hydrogen-bond acceptors (Lipinski definition) is 0. The minimum absolute atomic E-state index is 1.34. The molecule has 0 atom stereocenters. The zero-order valence-electron chi connectivity index (χ0n) is 12.2. The van der Waals surface area contributed by atoms with Crippen LogP contribution in [-0.2, 0) is 6.16 Å². The average Bonchev–Trinajstić information content (AvgIpc) is 2.30. The van der Waals surface area contributed by atoms with Crippen LogP contribution < -0.4 is 0 Å². The van der Waals surface area contributed by atoms with E-state index in [0.717, 1.165) is 0 Å². The zero-order valence-corrected chi connectivity index (χ0v) is 15.2. The van der Waals surface area contributed by atoms with Crippen LogP contribution in [0.5, 0.6) is 0 Å². The van der Waals surface area contributed by atoms with Gasteiger partial charge in [0.25, 0.3) is 0 Å². The van der Waals surface area contributed by atoms with Crippen LogP contribution in [0.15, 0.2) is 30.3 Å². The van der Waals surface area contributed by atoms with Crippen molar-refractivity contribution in [2.45, 2.75) is 46.2 Å². The third-order valence-electron chi connectivity index (χ3n) is 3.77. The van der Waals surface area contributed by atoms with Crippen molar-refractivity contribution in [1.82, 2.24) is 0 Å². The molecule has 0 aliphatic heterocycles. The first-order chi connectivity index (χ1) is 8.56. The Kier molecular flexibility index (Phi) is 6.61. The van der Waals surface area contributed by atoms with E-state index in [9.17, 15) is 0 Å². The van der Waals surface area contributed by atoms with Crippen molar-refractivity contribution in [2.24, 2.45) is 0 Å². The van der Waals surface area contributed by atoms with Gasteiger partial charge in [-0.3, -0.25) is 0 Å². The van der Waals surface area contributed by atoms with E-state index in [1.807, 2.05) is 0 Å². The normalized spacial score (nSPS) is 14.1. The number of rotatable bonds is 8. The van der Waals surface area contributed by atoms with E-state index in [-0.39, 0.29) is 0 Å². The first-order valence-corrected chi connectivity index (χ1v) is 13.1. The molecule has 18 heavy (non-hydrogen) atoms. The molecule has 0 saturated heterocycles. The molecule has 0 nitrogen and oxygen atoms in total. The van der Waals surface area contributed by atoms with Gasteiger partial charge in [-0.2, -0.15) is 0 Å². The Balaban J connectivity index is 3.01. The van der Waals surface area contributed by atoms with Crippen molar-refractivity contribution in [3.8, 4) is 0 Å². The SMILES string of the molecule is CCCP(I)(CCC)(CCC)Cc1ccccc1. The van der Waals surface area contributed by atoms with Crippen LogP contribution >= 0.6 is 26.3 Å². The van der Waals surface area contributed by atoms with Gasteiger partial charge in [0, 0.05) is 0 Å². The monoisotopic (exact) mass is 378 g/mol. The minimum atomic E-state index is -1.55. The molecule has 0 bridgehead atoms. The fourth-order valence-corrected chi connectivity index (χ4v) is 14.4. The van der Waals surface area contributed by atoms with Gasteiger partial charge in [0.2, 0.25) is 0 Å². The van der Waals surface area contributed by atoms with E-state index in [1.54, 1.807) is 5.56 Å². The first kappa shape index (κ1) is 16.4. The van der Waals surface area contributed by atoms with Gasteiger partial charge in [-0.05, 0) is 0 Å². The number of benzene rings is 1. The second kappa shape index (κ2) is 7.24. The second-order valence-corrected chi connectivity index (χ2v) is 19.1. The van der Waals surface area contributed by atoms with Crippen LogP contribution in [0.3, 0.4) is 0 Å². The van der Waals surface area contributed by atoms with Gasteiger partial charge in [0.05, 0.1) is 0 Å². The van der Waals surface area contributed by atoms with E-state index >= 15 is 0 Å². The molecule has 0 unspecified atom stereocenters. The van der Waals surface area contributed by atoms with Crippen LogP contribution in [0.2, 0.25) is 0 Å². The van der Waals surface area contributed by atoms with Crippen molar-refractivity contribution in [1.29, 1.82) is 0 Å². The quantitative estimate of drug-likeness (QED) is 0.367. The summed E-state index contributed by atoms with van der Waals surface area (Å²) in [5, 5.41) is 0. The zero-order chi connectivity index (χ0) is 13.5. The van der Waals surface area contributed by atoms with Gasteiger partial charge >= 0.3 is 127 Å². The Morgan fingerprint density at radius 1 is 0.833 bits per heavy atom. The van der Waals surface area contributed by atoms with Crippen LogP contribution in [-0.4, -0.2) is 18.5 Å². The molecular formula is C16H28IP. The molecule has 0 spiro atoms. The predicted octanol–water partition coefficient (Wildman–Crippen LogP) is 6.32. The molecule has 0 N–H and O–H groups in total. The molecule has 104 valence electrons. The van der Waals surface area contributed by atoms with Gasteiger partial charge in [-0.1, -0.05) is 0 Å². The standard InChI is InChI=1S/C16H28IP/c1-4-12-18(17,13-5-2,14-6-3)15-16-10-8-7-9-11-16/h7-11H,4-6,12-15H2,1-3H3. The van der Waals surface area contributed by atoms with E-state index in [2.05, 4.69) is 73.1 Å². The molecule has 1 aromatic rings. The summed E-state index contributed by atoms with van der Waals surface area (Å²) < 4.78 is -1.55. The van der Waals surface area contributed by atoms with Gasteiger partial charge in [0.1, 0.15) is 0 Å². The third kappa shape index (κ3) is 4.49. The Bertz CT molecular complexity index is 328. The Morgan fingerprint density at radius 3 is 1.67 bits per heavy atom. The van der Waals surface area contributed by atoms with Crippen molar-refractivity contribution in [2.75, 3.05) is 18.5 Å². The topological polar surface area (TPSA) is 0 Å². The van der Waals surface area contributed by atoms with Crippen LogP contribution in [0, 0.1) is 0 Å². The van der Waals surface area contributed by atoms with Gasteiger partial charge in [0.15, 0.2) is 0 Å².